The van der Waals surface area contributed by atoms with Crippen molar-refractivity contribution in [3.05, 3.63) is 11.8 Å². The van der Waals surface area contributed by atoms with Gasteiger partial charge in [0, 0.05) is 18.2 Å². The van der Waals surface area contributed by atoms with Crippen LogP contribution in [0.25, 0.3) is 0 Å². The van der Waals surface area contributed by atoms with Crippen LogP contribution in [0.1, 0.15) is 37.8 Å². The molecule has 0 saturated heterocycles. The van der Waals surface area contributed by atoms with Crippen molar-refractivity contribution < 1.29 is 4.79 Å². The number of H-pyrrole nitrogens is 1. The molecule has 1 aliphatic rings. The van der Waals surface area contributed by atoms with E-state index in [0.717, 1.165) is 5.69 Å². The van der Waals surface area contributed by atoms with E-state index >= 15 is 0 Å². The molecular weight excluding hydrogens is 190 g/mol. The molecule has 4 nitrogen and oxygen atoms in total. The van der Waals surface area contributed by atoms with E-state index in [-0.39, 0.29) is 5.91 Å². The highest BCUT2D eigenvalue weighted by Gasteiger charge is 2.18. The molecule has 1 aromatic rings. The minimum absolute atomic E-state index is 0.0911. The van der Waals surface area contributed by atoms with Gasteiger partial charge in [0.05, 0.1) is 0 Å². The van der Waals surface area contributed by atoms with E-state index in [4.69, 9.17) is 0 Å². The number of aryl methyl sites for hydroxylation is 1. The van der Waals surface area contributed by atoms with Crippen LogP contribution in [0.15, 0.2) is 6.07 Å². The lowest BCUT2D eigenvalue weighted by atomic mass is 10.0. The maximum absolute atomic E-state index is 11.6. The summed E-state index contributed by atoms with van der Waals surface area (Å²) in [6.07, 6.45) is 5.60. The summed E-state index contributed by atoms with van der Waals surface area (Å²) in [5.74, 6) is 1.31. The van der Waals surface area contributed by atoms with Gasteiger partial charge in [-0.2, -0.15) is 5.10 Å². The highest BCUT2D eigenvalue weighted by atomic mass is 16.1. The van der Waals surface area contributed by atoms with Gasteiger partial charge in [0.15, 0.2) is 5.82 Å². The molecule has 1 fully saturated rings. The van der Waals surface area contributed by atoms with E-state index in [2.05, 4.69) is 15.5 Å². The van der Waals surface area contributed by atoms with E-state index < -0.39 is 0 Å². The van der Waals surface area contributed by atoms with Crippen LogP contribution >= 0.6 is 0 Å². The second kappa shape index (κ2) is 4.47. The summed E-state index contributed by atoms with van der Waals surface area (Å²) in [7, 11) is 0. The third-order valence-electron chi connectivity index (χ3n) is 2.92. The number of carbonyl (C=O) groups is 1. The van der Waals surface area contributed by atoms with Crippen molar-refractivity contribution in [2.45, 2.75) is 39.0 Å². The first-order valence-electron chi connectivity index (χ1n) is 5.56. The van der Waals surface area contributed by atoms with E-state index in [1.165, 1.54) is 25.7 Å². The van der Waals surface area contributed by atoms with Crippen molar-refractivity contribution in [1.82, 2.24) is 10.2 Å². The lowest BCUT2D eigenvalue weighted by Crippen LogP contribution is -2.15. The van der Waals surface area contributed by atoms with Crippen LogP contribution in [0.4, 0.5) is 5.82 Å². The van der Waals surface area contributed by atoms with Crippen molar-refractivity contribution in [1.29, 1.82) is 0 Å². The summed E-state index contributed by atoms with van der Waals surface area (Å²) in [4.78, 5) is 11.6. The molecule has 4 heteroatoms. The van der Waals surface area contributed by atoms with Crippen LogP contribution in [-0.4, -0.2) is 16.1 Å². The van der Waals surface area contributed by atoms with Gasteiger partial charge in [0.2, 0.25) is 5.91 Å². The molecule has 0 bridgehead atoms. The Labute approximate surface area is 89.5 Å². The van der Waals surface area contributed by atoms with Gasteiger partial charge in [-0.1, -0.05) is 12.8 Å². The number of nitrogens with zero attached hydrogens (tertiary/aromatic N) is 1. The summed E-state index contributed by atoms with van der Waals surface area (Å²) in [6, 6.07) is 1.84. The fourth-order valence-corrected chi connectivity index (χ4v) is 2.15. The van der Waals surface area contributed by atoms with E-state index in [1.54, 1.807) is 0 Å². The molecule has 1 amide bonds. The molecule has 1 saturated carbocycles. The van der Waals surface area contributed by atoms with Crippen molar-refractivity contribution in [3.63, 3.8) is 0 Å². The van der Waals surface area contributed by atoms with Gasteiger partial charge < -0.3 is 5.32 Å². The van der Waals surface area contributed by atoms with Crippen LogP contribution in [0, 0.1) is 12.8 Å². The van der Waals surface area contributed by atoms with Crippen molar-refractivity contribution in [2.24, 2.45) is 5.92 Å². The Kier molecular flexibility index (Phi) is 3.04. The largest absolute Gasteiger partial charge is 0.309 e. The molecular formula is C11H17N3O. The van der Waals surface area contributed by atoms with Gasteiger partial charge >= 0.3 is 0 Å². The van der Waals surface area contributed by atoms with Crippen LogP contribution in [0.2, 0.25) is 0 Å². The van der Waals surface area contributed by atoms with Gasteiger partial charge in [0.1, 0.15) is 0 Å². The molecule has 0 unspecified atom stereocenters. The van der Waals surface area contributed by atoms with Gasteiger partial charge in [-0.3, -0.25) is 9.89 Å². The Balaban J connectivity index is 1.81. The SMILES string of the molecule is Cc1cc(NC(=O)CC2CCCC2)n[nH]1. The molecule has 1 aliphatic carbocycles. The second-order valence-corrected chi connectivity index (χ2v) is 4.34. The number of hydrogen-bond acceptors (Lipinski definition) is 2. The zero-order valence-corrected chi connectivity index (χ0v) is 9.05. The van der Waals surface area contributed by atoms with E-state index in [9.17, 15) is 4.79 Å². The Hall–Kier alpha value is -1.32. The van der Waals surface area contributed by atoms with Crippen molar-refractivity contribution in [3.8, 4) is 0 Å². The normalized spacial score (nSPS) is 16.9. The summed E-state index contributed by atoms with van der Waals surface area (Å²) < 4.78 is 0. The van der Waals surface area contributed by atoms with E-state index in [0.29, 0.717) is 18.2 Å². The second-order valence-electron chi connectivity index (χ2n) is 4.34. The topological polar surface area (TPSA) is 57.8 Å². The maximum atomic E-state index is 11.6. The highest BCUT2D eigenvalue weighted by Crippen LogP contribution is 2.27. The van der Waals surface area contributed by atoms with Gasteiger partial charge in [-0.05, 0) is 25.7 Å². The quantitative estimate of drug-likeness (QED) is 0.798. The molecule has 15 heavy (non-hydrogen) atoms. The van der Waals surface area contributed by atoms with Crippen LogP contribution in [-0.2, 0) is 4.79 Å². The standard InChI is InChI=1S/C11H17N3O/c1-8-6-10(14-13-8)12-11(15)7-9-4-2-3-5-9/h6,9H,2-5,7H2,1H3,(H2,12,13,14,15). The molecule has 0 radical (unpaired) electrons. The number of nitrogens with one attached hydrogen (secondary N) is 2. The Morgan fingerprint density at radius 3 is 2.93 bits per heavy atom. The number of hydrogen-bond donors (Lipinski definition) is 2. The molecule has 1 aromatic heterocycles. The summed E-state index contributed by atoms with van der Waals surface area (Å²) in [5.41, 5.74) is 0.964. The minimum atomic E-state index is 0.0911. The minimum Gasteiger partial charge on any atom is -0.309 e. The van der Waals surface area contributed by atoms with E-state index in [1.807, 2.05) is 13.0 Å². The van der Waals surface area contributed by atoms with Crippen molar-refractivity contribution in [2.75, 3.05) is 5.32 Å². The predicted molar refractivity (Wildman–Crippen MR) is 58.5 cm³/mol. The number of rotatable bonds is 3. The maximum Gasteiger partial charge on any atom is 0.225 e. The van der Waals surface area contributed by atoms with Crippen LogP contribution < -0.4 is 5.32 Å². The Bertz CT molecular complexity index is 339. The summed E-state index contributed by atoms with van der Waals surface area (Å²) in [6.45, 7) is 1.92. The molecule has 0 spiro atoms. The number of carbonyl (C=O) groups excluding carboxylic acids is 1. The number of aromatic amines is 1. The smallest absolute Gasteiger partial charge is 0.225 e. The monoisotopic (exact) mass is 207 g/mol. The first-order valence-corrected chi connectivity index (χ1v) is 5.56. The van der Waals surface area contributed by atoms with Gasteiger partial charge in [0.25, 0.3) is 0 Å². The van der Waals surface area contributed by atoms with Crippen molar-refractivity contribution >= 4 is 11.7 Å². The lowest BCUT2D eigenvalue weighted by molar-refractivity contribution is -0.117. The van der Waals surface area contributed by atoms with Crippen LogP contribution in [0.5, 0.6) is 0 Å². The average molecular weight is 207 g/mol. The fourth-order valence-electron chi connectivity index (χ4n) is 2.15. The molecule has 82 valence electrons. The zero-order valence-electron chi connectivity index (χ0n) is 9.05. The number of aromatic nitrogens is 2. The third kappa shape index (κ3) is 2.81. The Morgan fingerprint density at radius 1 is 1.60 bits per heavy atom. The molecule has 0 atom stereocenters. The molecule has 0 aliphatic heterocycles. The predicted octanol–water partition coefficient (Wildman–Crippen LogP) is 2.24. The molecule has 2 rings (SSSR count). The van der Waals surface area contributed by atoms with Crippen LogP contribution in [0.3, 0.4) is 0 Å². The molecule has 2 N–H and O–H groups in total. The highest BCUT2D eigenvalue weighted by molar-refractivity contribution is 5.89. The summed E-state index contributed by atoms with van der Waals surface area (Å²) >= 11 is 0. The lowest BCUT2D eigenvalue weighted by Gasteiger charge is -2.07. The third-order valence-corrected chi connectivity index (χ3v) is 2.92. The first-order chi connectivity index (χ1) is 7.24. The molecule has 0 aromatic carbocycles. The zero-order chi connectivity index (χ0) is 10.7. The number of anilines is 1. The number of amides is 1. The molecule has 1 heterocycles. The fraction of sp³-hybridized carbons (Fsp3) is 0.636. The summed E-state index contributed by atoms with van der Waals surface area (Å²) in [5, 5.41) is 9.58. The van der Waals surface area contributed by atoms with Gasteiger partial charge in [-0.25, -0.2) is 0 Å². The Morgan fingerprint density at radius 2 is 2.33 bits per heavy atom. The first kappa shape index (κ1) is 10.2. The average Bonchev–Trinajstić information content (AvgIpc) is 2.77. The van der Waals surface area contributed by atoms with Gasteiger partial charge in [-0.15, -0.1) is 0 Å².